The Morgan fingerprint density at radius 3 is 2.12 bits per heavy atom. The number of amides is 3. The molecule has 11 heteroatoms. The molecule has 0 unspecified atom stereocenters. The second-order valence-corrected chi connectivity index (χ2v) is 11.0. The third kappa shape index (κ3) is 5.61. The van der Waals surface area contributed by atoms with Crippen molar-refractivity contribution < 1.29 is 14.4 Å². The Hall–Kier alpha value is -2.31. The zero-order valence-corrected chi connectivity index (χ0v) is 21.5. The first-order chi connectivity index (χ1) is 15.8. The fourth-order valence-electron chi connectivity index (χ4n) is 2.92. The number of benzene rings is 2. The van der Waals surface area contributed by atoms with Gasteiger partial charge < -0.3 is 0 Å². The average Bonchev–Trinajstić information content (AvgIpc) is 3.20. The van der Waals surface area contributed by atoms with Crippen molar-refractivity contribution in [3.05, 3.63) is 80.0 Å². The molecule has 1 N–H and O–H groups in total. The molecule has 0 aliphatic carbocycles. The van der Waals surface area contributed by atoms with Crippen LogP contribution in [-0.4, -0.2) is 42.8 Å². The van der Waals surface area contributed by atoms with E-state index in [1.54, 1.807) is 12.2 Å². The van der Waals surface area contributed by atoms with Crippen LogP contribution in [0.25, 0.3) is 12.2 Å². The molecular weight excluding hydrogens is 562 g/mol. The lowest BCUT2D eigenvalue weighted by Crippen LogP contribution is -2.49. The molecule has 2 aliphatic rings. The molecule has 2 heterocycles. The molecule has 4 rings (SSSR count). The first kappa shape index (κ1) is 23.8. The Morgan fingerprint density at radius 2 is 1.45 bits per heavy atom. The molecule has 0 radical (unpaired) electrons. The van der Waals surface area contributed by atoms with Crippen molar-refractivity contribution in [3.63, 3.8) is 0 Å². The van der Waals surface area contributed by atoms with Gasteiger partial charge in [0.25, 0.3) is 17.7 Å². The van der Waals surface area contributed by atoms with Crippen molar-refractivity contribution in [2.45, 2.75) is 0 Å². The third-order valence-corrected chi connectivity index (χ3v) is 7.68. The molecule has 2 aromatic carbocycles. The molecule has 2 aliphatic heterocycles. The monoisotopic (exact) mass is 575 g/mol. The molecular formula is C22H14BrN3O3S4. The maximum atomic E-state index is 12.7. The van der Waals surface area contributed by atoms with Crippen LogP contribution in [0, 0.1) is 0 Å². The summed E-state index contributed by atoms with van der Waals surface area (Å²) in [6, 6.07) is 16.8. The molecule has 0 bridgehead atoms. The lowest BCUT2D eigenvalue weighted by molar-refractivity contribution is -0.135. The standard InChI is InChI=1S/C22H14BrN3O3S4/c23-15-8-6-14(7-9-15)11-17-20(29)26(22(31)33-17)24-18(27)12-25-19(28)16(32-21(25)30)10-13-4-2-1-3-5-13/h1-11H,12H2,(H,24,27)/b16-10-,17-11-. The lowest BCUT2D eigenvalue weighted by atomic mass is 10.2. The Bertz CT molecular complexity index is 1230. The highest BCUT2D eigenvalue weighted by atomic mass is 79.9. The van der Waals surface area contributed by atoms with Crippen LogP contribution >= 0.6 is 63.9 Å². The highest BCUT2D eigenvalue weighted by Gasteiger charge is 2.36. The normalized spacial score (nSPS) is 18.7. The van der Waals surface area contributed by atoms with E-state index in [1.807, 2.05) is 54.6 Å². The summed E-state index contributed by atoms with van der Waals surface area (Å²) in [5.74, 6) is -1.37. The number of hydrazine groups is 1. The first-order valence-electron chi connectivity index (χ1n) is 9.45. The van der Waals surface area contributed by atoms with E-state index in [2.05, 4.69) is 21.4 Å². The van der Waals surface area contributed by atoms with Crippen LogP contribution in [0.4, 0.5) is 0 Å². The molecule has 0 saturated carbocycles. The van der Waals surface area contributed by atoms with Crippen molar-refractivity contribution in [1.82, 2.24) is 15.3 Å². The number of thiocarbonyl (C=S) groups is 2. The molecule has 6 nitrogen and oxygen atoms in total. The highest BCUT2D eigenvalue weighted by molar-refractivity contribution is 9.10. The van der Waals surface area contributed by atoms with Crippen molar-refractivity contribution >= 4 is 102 Å². The Labute approximate surface area is 217 Å². The van der Waals surface area contributed by atoms with Gasteiger partial charge in [-0.15, -0.1) is 0 Å². The van der Waals surface area contributed by atoms with Gasteiger partial charge in [-0.1, -0.05) is 94.1 Å². The number of rotatable bonds is 5. The van der Waals surface area contributed by atoms with Crippen molar-refractivity contribution in [3.8, 4) is 0 Å². The zero-order valence-electron chi connectivity index (χ0n) is 16.7. The maximum absolute atomic E-state index is 12.7. The third-order valence-electron chi connectivity index (χ3n) is 4.47. The maximum Gasteiger partial charge on any atom is 0.285 e. The molecule has 2 fully saturated rings. The average molecular weight is 577 g/mol. The van der Waals surface area contributed by atoms with Gasteiger partial charge in [0.15, 0.2) is 4.32 Å². The van der Waals surface area contributed by atoms with Crippen LogP contribution in [0.5, 0.6) is 0 Å². The number of hydrogen-bond donors (Lipinski definition) is 1. The smallest absolute Gasteiger partial charge is 0.283 e. The molecule has 166 valence electrons. The number of carbonyl (C=O) groups excluding carboxylic acids is 3. The van der Waals surface area contributed by atoms with Gasteiger partial charge in [-0.25, -0.2) is 0 Å². The van der Waals surface area contributed by atoms with Crippen LogP contribution in [0.2, 0.25) is 0 Å². The second kappa shape index (κ2) is 10.3. The summed E-state index contributed by atoms with van der Waals surface area (Å²) in [7, 11) is 0. The topological polar surface area (TPSA) is 69.7 Å². The van der Waals surface area contributed by atoms with Crippen molar-refractivity contribution in [2.75, 3.05) is 6.54 Å². The van der Waals surface area contributed by atoms with Crippen LogP contribution in [0.3, 0.4) is 0 Å². The van der Waals surface area contributed by atoms with Crippen LogP contribution < -0.4 is 5.43 Å². The summed E-state index contributed by atoms with van der Waals surface area (Å²) >= 11 is 16.1. The van der Waals surface area contributed by atoms with E-state index in [0.29, 0.717) is 9.81 Å². The Morgan fingerprint density at radius 1 is 0.879 bits per heavy atom. The van der Waals surface area contributed by atoms with Gasteiger partial charge in [0, 0.05) is 4.47 Å². The molecule has 33 heavy (non-hydrogen) atoms. The van der Waals surface area contributed by atoms with Gasteiger partial charge in [0.1, 0.15) is 10.9 Å². The minimum absolute atomic E-state index is 0.200. The van der Waals surface area contributed by atoms with E-state index in [1.165, 1.54) is 4.90 Å². The first-order valence-corrected chi connectivity index (χ1v) is 12.7. The summed E-state index contributed by atoms with van der Waals surface area (Å²) < 4.78 is 1.40. The second-order valence-electron chi connectivity index (χ2n) is 6.78. The number of nitrogens with one attached hydrogen (secondary N) is 1. The van der Waals surface area contributed by atoms with Crippen molar-refractivity contribution in [2.24, 2.45) is 0 Å². The molecule has 3 amide bonds. The van der Waals surface area contributed by atoms with Crippen molar-refractivity contribution in [1.29, 1.82) is 0 Å². The minimum Gasteiger partial charge on any atom is -0.283 e. The van der Waals surface area contributed by atoms with E-state index < -0.39 is 11.8 Å². The predicted molar refractivity (Wildman–Crippen MR) is 144 cm³/mol. The van der Waals surface area contributed by atoms with Gasteiger partial charge in [0.2, 0.25) is 0 Å². The predicted octanol–water partition coefficient (Wildman–Crippen LogP) is 4.58. The quantitative estimate of drug-likeness (QED) is 0.413. The number of carbonyl (C=O) groups is 3. The molecule has 0 spiro atoms. The summed E-state index contributed by atoms with van der Waals surface area (Å²) in [6.07, 6.45) is 3.43. The number of thioether (sulfide) groups is 2. The van der Waals surface area contributed by atoms with Crippen LogP contribution in [-0.2, 0) is 14.4 Å². The SMILES string of the molecule is O=C(CN1C(=O)/C(=C/c2ccccc2)SC1=S)NN1C(=O)/C(=C/c2ccc(Br)cc2)SC1=S. The molecule has 0 atom stereocenters. The number of hydrogen-bond acceptors (Lipinski definition) is 7. The summed E-state index contributed by atoms with van der Waals surface area (Å²) in [6.45, 7) is -0.320. The Balaban J connectivity index is 1.41. The van der Waals surface area contributed by atoms with E-state index >= 15 is 0 Å². The number of halogens is 1. The molecule has 2 aromatic rings. The largest absolute Gasteiger partial charge is 0.285 e. The zero-order chi connectivity index (χ0) is 23.5. The van der Waals surface area contributed by atoms with Gasteiger partial charge >= 0.3 is 0 Å². The van der Waals surface area contributed by atoms with Gasteiger partial charge in [-0.05, 0) is 47.6 Å². The van der Waals surface area contributed by atoms with Gasteiger partial charge in [-0.3, -0.25) is 24.7 Å². The lowest BCUT2D eigenvalue weighted by Gasteiger charge is -2.19. The fourth-order valence-corrected chi connectivity index (χ4v) is 5.61. The fraction of sp³-hybridized carbons (Fsp3) is 0.0455. The van der Waals surface area contributed by atoms with E-state index in [-0.39, 0.29) is 21.1 Å². The van der Waals surface area contributed by atoms with Gasteiger partial charge in [-0.2, -0.15) is 5.01 Å². The molecule has 0 aromatic heterocycles. The van der Waals surface area contributed by atoms with E-state index in [4.69, 9.17) is 24.4 Å². The van der Waals surface area contributed by atoms with E-state index in [9.17, 15) is 14.4 Å². The molecule has 2 saturated heterocycles. The summed E-state index contributed by atoms with van der Waals surface area (Å²) in [4.78, 5) is 40.1. The van der Waals surface area contributed by atoms with Crippen LogP contribution in [0.1, 0.15) is 11.1 Å². The summed E-state index contributed by atoms with van der Waals surface area (Å²) in [5, 5.41) is 1.02. The Kier molecular flexibility index (Phi) is 7.45. The minimum atomic E-state index is -0.576. The highest BCUT2D eigenvalue weighted by Crippen LogP contribution is 2.33. The summed E-state index contributed by atoms with van der Waals surface area (Å²) in [5.41, 5.74) is 4.17. The van der Waals surface area contributed by atoms with E-state index in [0.717, 1.165) is 44.1 Å². The van der Waals surface area contributed by atoms with Gasteiger partial charge in [0.05, 0.1) is 9.81 Å². The number of nitrogens with zero attached hydrogens (tertiary/aromatic N) is 2. The van der Waals surface area contributed by atoms with Crippen LogP contribution in [0.15, 0.2) is 68.9 Å².